The summed E-state index contributed by atoms with van der Waals surface area (Å²) in [4.78, 5) is 23.9. The summed E-state index contributed by atoms with van der Waals surface area (Å²) in [7, 11) is -5.06. The highest BCUT2D eigenvalue weighted by Crippen LogP contribution is 2.39. The van der Waals surface area contributed by atoms with Gasteiger partial charge >= 0.3 is 11.9 Å². The van der Waals surface area contributed by atoms with Crippen LogP contribution in [0.25, 0.3) is 0 Å². The molecule has 33 heavy (non-hydrogen) atoms. The highest BCUT2D eigenvalue weighted by Gasteiger charge is 2.55. The normalized spacial score (nSPS) is 12.1. The van der Waals surface area contributed by atoms with Crippen molar-refractivity contribution in [2.45, 2.75) is 122 Å². The average Bonchev–Trinajstić information content (AvgIpc) is 2.64. The summed E-state index contributed by atoms with van der Waals surface area (Å²) in [5.74, 6) is -3.25. The second kappa shape index (κ2) is 21.3. The number of hydrogen-bond acceptors (Lipinski definition) is 7. The summed E-state index contributed by atoms with van der Waals surface area (Å²) in [5, 5.41) is 17.1. The lowest BCUT2D eigenvalue weighted by atomic mass is 9.74. The van der Waals surface area contributed by atoms with Crippen molar-refractivity contribution in [3.8, 4) is 0 Å². The lowest BCUT2D eigenvalue weighted by Crippen LogP contribution is -2.51. The minimum atomic E-state index is -5.06. The fourth-order valence-corrected chi connectivity index (χ4v) is 5.32. The first kappa shape index (κ1) is 39.0. The standard InChI is InChI=1S/C22H42O7S.3H3N/c1-3-5-7-9-11-13-15-17-22(21(25)26,19(20(23)24)30(27,28)29)18-16-14-12-10-8-6-4-2;;;/h19H,3-18H2,1-2H3,(H,23,24)(H,25,26)(H,27,28,29);3*1H3. The molecule has 11 heteroatoms. The van der Waals surface area contributed by atoms with Crippen molar-refractivity contribution >= 4 is 22.1 Å². The Morgan fingerprint density at radius 1 is 0.667 bits per heavy atom. The smallest absolute Gasteiger partial charge is 0.325 e. The van der Waals surface area contributed by atoms with E-state index >= 15 is 0 Å². The van der Waals surface area contributed by atoms with Gasteiger partial charge in [0.1, 0.15) is 0 Å². The molecule has 10 nitrogen and oxygen atoms in total. The molecule has 0 aromatic heterocycles. The summed E-state index contributed by atoms with van der Waals surface area (Å²) in [6.45, 7) is 4.23. The topological polar surface area (TPSA) is 234 Å². The Kier molecular flexibility index (Phi) is 25.1. The van der Waals surface area contributed by atoms with Gasteiger partial charge in [-0.2, -0.15) is 8.42 Å². The van der Waals surface area contributed by atoms with E-state index in [0.29, 0.717) is 25.7 Å². The number of unbranched alkanes of at least 4 members (excludes halogenated alkanes) is 12. The maximum atomic E-state index is 12.2. The van der Waals surface area contributed by atoms with Gasteiger partial charge in [-0.25, -0.2) is 0 Å². The Morgan fingerprint density at radius 2 is 0.970 bits per heavy atom. The molecular weight excluding hydrogens is 450 g/mol. The van der Waals surface area contributed by atoms with E-state index < -0.39 is 32.7 Å². The Bertz CT molecular complexity index is 583. The van der Waals surface area contributed by atoms with Gasteiger partial charge in [0, 0.05) is 0 Å². The van der Waals surface area contributed by atoms with E-state index in [0.717, 1.165) is 64.2 Å². The number of hydrogen-bond donors (Lipinski definition) is 6. The van der Waals surface area contributed by atoms with Crippen molar-refractivity contribution in [1.82, 2.24) is 18.5 Å². The molecule has 0 saturated heterocycles. The SMILES string of the molecule is CCCCCCCCCC(CCCCCCCCC)(C(=O)O)C(C(=O)O)S(=O)(=O)O.N.N.N. The number of carboxylic acid groups (broad SMARTS) is 2. The zero-order valence-electron chi connectivity index (χ0n) is 20.9. The minimum absolute atomic E-state index is 0. The molecule has 1 atom stereocenters. The second-order valence-electron chi connectivity index (χ2n) is 8.44. The van der Waals surface area contributed by atoms with Crippen molar-refractivity contribution in [2.75, 3.05) is 0 Å². The molecule has 0 aliphatic rings. The molecule has 0 saturated carbocycles. The maximum absolute atomic E-state index is 12.2. The van der Waals surface area contributed by atoms with Crippen LogP contribution in [0.5, 0.6) is 0 Å². The van der Waals surface area contributed by atoms with Crippen LogP contribution in [0.3, 0.4) is 0 Å². The molecule has 0 spiro atoms. The van der Waals surface area contributed by atoms with Crippen LogP contribution in [0.4, 0.5) is 0 Å². The molecule has 0 aliphatic heterocycles. The molecule has 0 rings (SSSR count). The van der Waals surface area contributed by atoms with Crippen LogP contribution in [-0.2, 0) is 19.7 Å². The van der Waals surface area contributed by atoms with Crippen LogP contribution in [0.1, 0.15) is 117 Å². The summed E-state index contributed by atoms with van der Waals surface area (Å²) < 4.78 is 33.3. The lowest BCUT2D eigenvalue weighted by Gasteiger charge is -2.33. The summed E-state index contributed by atoms with van der Waals surface area (Å²) in [6.07, 6.45) is 12.7. The molecule has 0 radical (unpaired) electrons. The molecule has 0 amide bonds. The zero-order chi connectivity index (χ0) is 23.0. The van der Waals surface area contributed by atoms with Gasteiger partial charge in [0.05, 0.1) is 5.41 Å². The van der Waals surface area contributed by atoms with E-state index in [1.807, 2.05) is 0 Å². The third-order valence-electron chi connectivity index (χ3n) is 5.90. The molecular formula is C22H51N3O7S. The first-order valence-electron chi connectivity index (χ1n) is 11.6. The van der Waals surface area contributed by atoms with E-state index in [2.05, 4.69) is 13.8 Å². The van der Waals surface area contributed by atoms with Crippen molar-refractivity contribution in [3.63, 3.8) is 0 Å². The van der Waals surface area contributed by atoms with E-state index in [1.165, 1.54) is 0 Å². The Hall–Kier alpha value is -1.27. The Morgan fingerprint density at radius 3 is 1.21 bits per heavy atom. The minimum Gasteiger partial charge on any atom is -0.481 e. The predicted molar refractivity (Wildman–Crippen MR) is 133 cm³/mol. The fourth-order valence-electron chi connectivity index (χ4n) is 4.16. The highest BCUT2D eigenvalue weighted by atomic mass is 32.2. The maximum Gasteiger partial charge on any atom is 0.325 e. The Labute approximate surface area is 200 Å². The zero-order valence-corrected chi connectivity index (χ0v) is 21.7. The van der Waals surface area contributed by atoms with Crippen molar-refractivity contribution in [1.29, 1.82) is 0 Å². The average molecular weight is 502 g/mol. The first-order chi connectivity index (χ1) is 14.1. The molecule has 202 valence electrons. The van der Waals surface area contributed by atoms with Crippen LogP contribution >= 0.6 is 0 Å². The quantitative estimate of drug-likeness (QED) is 0.0819. The van der Waals surface area contributed by atoms with Gasteiger partial charge in [0.25, 0.3) is 10.1 Å². The van der Waals surface area contributed by atoms with Gasteiger partial charge in [-0.1, -0.05) is 104 Å². The van der Waals surface area contributed by atoms with Crippen molar-refractivity contribution in [3.05, 3.63) is 0 Å². The molecule has 12 N–H and O–H groups in total. The molecule has 0 aromatic rings. The van der Waals surface area contributed by atoms with Gasteiger partial charge in [-0.15, -0.1) is 0 Å². The summed E-state index contributed by atoms with van der Waals surface area (Å²) in [6, 6.07) is 0. The number of carboxylic acids is 2. The van der Waals surface area contributed by atoms with Crippen LogP contribution in [0.2, 0.25) is 0 Å². The first-order valence-corrected chi connectivity index (χ1v) is 13.1. The fraction of sp³-hybridized carbons (Fsp3) is 0.909. The van der Waals surface area contributed by atoms with Crippen molar-refractivity contribution in [2.24, 2.45) is 5.41 Å². The van der Waals surface area contributed by atoms with Crippen LogP contribution in [0.15, 0.2) is 0 Å². The molecule has 0 heterocycles. The second-order valence-corrected chi connectivity index (χ2v) is 9.94. The summed E-state index contributed by atoms with van der Waals surface area (Å²) in [5.41, 5.74) is -2.01. The molecule has 0 aliphatic carbocycles. The predicted octanol–water partition coefficient (Wildman–Crippen LogP) is 6.17. The molecule has 0 bridgehead atoms. The van der Waals surface area contributed by atoms with Crippen LogP contribution in [0, 0.1) is 5.41 Å². The molecule has 1 unspecified atom stereocenters. The van der Waals surface area contributed by atoms with Crippen molar-refractivity contribution < 1.29 is 32.8 Å². The van der Waals surface area contributed by atoms with E-state index in [1.54, 1.807) is 0 Å². The Balaban J connectivity index is -0.00000140. The highest BCUT2D eigenvalue weighted by molar-refractivity contribution is 7.87. The third-order valence-corrected chi connectivity index (χ3v) is 7.15. The van der Waals surface area contributed by atoms with Gasteiger partial charge in [0.2, 0.25) is 0 Å². The molecule has 0 fully saturated rings. The van der Waals surface area contributed by atoms with Crippen LogP contribution in [-0.4, -0.2) is 40.4 Å². The summed E-state index contributed by atoms with van der Waals surface area (Å²) >= 11 is 0. The van der Waals surface area contributed by atoms with Gasteiger partial charge < -0.3 is 28.7 Å². The molecule has 0 aromatic carbocycles. The van der Waals surface area contributed by atoms with Crippen LogP contribution < -0.4 is 18.5 Å². The van der Waals surface area contributed by atoms with E-state index in [4.69, 9.17) is 0 Å². The third kappa shape index (κ3) is 15.3. The lowest BCUT2D eigenvalue weighted by molar-refractivity contribution is -0.156. The monoisotopic (exact) mass is 501 g/mol. The number of aliphatic carboxylic acids is 2. The van der Waals surface area contributed by atoms with Gasteiger partial charge in [-0.05, 0) is 12.8 Å². The van der Waals surface area contributed by atoms with E-state index in [9.17, 15) is 32.8 Å². The van der Waals surface area contributed by atoms with E-state index in [-0.39, 0.29) is 31.3 Å². The van der Waals surface area contributed by atoms with Gasteiger partial charge in [-0.3, -0.25) is 14.1 Å². The number of carbonyl (C=O) groups is 2. The largest absolute Gasteiger partial charge is 0.481 e. The number of rotatable bonds is 20. The van der Waals surface area contributed by atoms with Gasteiger partial charge in [0.15, 0.2) is 5.25 Å².